The number of halogens is 2. The van der Waals surface area contributed by atoms with Crippen molar-refractivity contribution in [1.82, 2.24) is 5.32 Å². The maximum atomic E-state index is 6.06. The molecule has 3 rings (SSSR count). The van der Waals surface area contributed by atoms with E-state index in [0.29, 0.717) is 5.92 Å². The van der Waals surface area contributed by atoms with Crippen LogP contribution in [0.4, 0.5) is 5.69 Å². The Morgan fingerprint density at radius 3 is 2.39 bits per heavy atom. The van der Waals surface area contributed by atoms with Gasteiger partial charge in [0.05, 0.1) is 0 Å². The standard InChI is InChI=1S/C19H21IN2.ClH/c1-22-10-2-3-17-18-11-15(20)8-6-13(18)4-5-14-7-9-16(21)12-19(14)17;/h4-9,11-12,17,22H,2-3,10,21H2,1H3;1H. The summed E-state index contributed by atoms with van der Waals surface area (Å²) in [6, 6.07) is 13.0. The van der Waals surface area contributed by atoms with E-state index in [4.69, 9.17) is 5.73 Å². The third-order valence-corrected chi connectivity index (χ3v) is 4.94. The first-order valence-electron chi connectivity index (χ1n) is 7.70. The molecule has 2 aromatic carbocycles. The minimum atomic E-state index is 0. The molecule has 0 amide bonds. The number of hydrogen-bond acceptors (Lipinski definition) is 2. The molecule has 1 unspecified atom stereocenters. The number of nitrogens with two attached hydrogens (primary N) is 1. The molecule has 0 fully saturated rings. The molecule has 1 aliphatic rings. The van der Waals surface area contributed by atoms with Crippen LogP contribution in [-0.4, -0.2) is 13.6 Å². The van der Waals surface area contributed by atoms with Gasteiger partial charge in [0.25, 0.3) is 0 Å². The van der Waals surface area contributed by atoms with Crippen molar-refractivity contribution in [2.45, 2.75) is 18.8 Å². The molecule has 0 saturated carbocycles. The number of hydrogen-bond donors (Lipinski definition) is 2. The van der Waals surface area contributed by atoms with Crippen molar-refractivity contribution >= 4 is 52.8 Å². The zero-order valence-corrected chi connectivity index (χ0v) is 16.2. The van der Waals surface area contributed by atoms with Crippen molar-refractivity contribution in [3.8, 4) is 0 Å². The smallest absolute Gasteiger partial charge is 0.0317 e. The van der Waals surface area contributed by atoms with Gasteiger partial charge in [0.2, 0.25) is 0 Å². The number of rotatable bonds is 4. The first-order chi connectivity index (χ1) is 10.7. The van der Waals surface area contributed by atoms with Gasteiger partial charge in [-0.15, -0.1) is 12.4 Å². The van der Waals surface area contributed by atoms with Crippen LogP contribution in [0.15, 0.2) is 36.4 Å². The van der Waals surface area contributed by atoms with Crippen LogP contribution in [-0.2, 0) is 0 Å². The summed E-state index contributed by atoms with van der Waals surface area (Å²) >= 11 is 2.40. The highest BCUT2D eigenvalue weighted by molar-refractivity contribution is 14.1. The zero-order valence-electron chi connectivity index (χ0n) is 13.2. The van der Waals surface area contributed by atoms with Gasteiger partial charge in [-0.2, -0.15) is 0 Å². The van der Waals surface area contributed by atoms with Crippen molar-refractivity contribution in [1.29, 1.82) is 0 Å². The number of fused-ring (bicyclic) bond motifs is 2. The van der Waals surface area contributed by atoms with E-state index in [2.05, 4.69) is 70.4 Å². The monoisotopic (exact) mass is 440 g/mol. The lowest BCUT2D eigenvalue weighted by Crippen LogP contribution is -2.11. The van der Waals surface area contributed by atoms with Crippen LogP contribution in [0.25, 0.3) is 12.2 Å². The predicted octanol–water partition coefficient (Wildman–Crippen LogP) is 4.91. The molecule has 1 atom stereocenters. The molecular weight excluding hydrogens is 419 g/mol. The molecule has 1 aliphatic carbocycles. The first-order valence-corrected chi connectivity index (χ1v) is 8.78. The van der Waals surface area contributed by atoms with Gasteiger partial charge in [-0.25, -0.2) is 0 Å². The van der Waals surface area contributed by atoms with Crippen molar-refractivity contribution in [3.63, 3.8) is 0 Å². The quantitative estimate of drug-likeness (QED) is 0.403. The summed E-state index contributed by atoms with van der Waals surface area (Å²) in [4.78, 5) is 0. The third kappa shape index (κ3) is 4.08. The Hall–Kier alpha value is -1.04. The van der Waals surface area contributed by atoms with E-state index in [1.165, 1.54) is 25.8 Å². The summed E-state index contributed by atoms with van der Waals surface area (Å²) in [6.45, 7) is 1.04. The average Bonchev–Trinajstić information content (AvgIpc) is 2.65. The molecule has 2 nitrogen and oxygen atoms in total. The van der Waals surface area contributed by atoms with E-state index >= 15 is 0 Å². The molecular formula is C19H22ClIN2. The predicted molar refractivity (Wildman–Crippen MR) is 111 cm³/mol. The van der Waals surface area contributed by atoms with Gasteiger partial charge >= 0.3 is 0 Å². The van der Waals surface area contributed by atoms with Gasteiger partial charge in [0.1, 0.15) is 0 Å². The highest BCUT2D eigenvalue weighted by atomic mass is 127. The summed E-state index contributed by atoms with van der Waals surface area (Å²) in [6.07, 6.45) is 6.74. The van der Waals surface area contributed by atoms with Crippen LogP contribution in [0.5, 0.6) is 0 Å². The lowest BCUT2D eigenvalue weighted by atomic mass is 9.84. The number of benzene rings is 2. The fraction of sp³-hybridized carbons (Fsp3) is 0.263. The van der Waals surface area contributed by atoms with Gasteiger partial charge in [0, 0.05) is 15.2 Å². The van der Waals surface area contributed by atoms with Crippen LogP contribution < -0.4 is 11.1 Å². The fourth-order valence-electron chi connectivity index (χ4n) is 3.19. The van der Waals surface area contributed by atoms with E-state index in [0.717, 1.165) is 25.1 Å². The molecule has 23 heavy (non-hydrogen) atoms. The maximum Gasteiger partial charge on any atom is 0.0317 e. The van der Waals surface area contributed by atoms with E-state index in [-0.39, 0.29) is 12.4 Å². The summed E-state index contributed by atoms with van der Waals surface area (Å²) < 4.78 is 1.29. The maximum absolute atomic E-state index is 6.06. The molecule has 0 heterocycles. The van der Waals surface area contributed by atoms with Crippen molar-refractivity contribution in [3.05, 3.63) is 62.2 Å². The number of anilines is 1. The Kier molecular flexibility index (Phi) is 6.50. The Bertz CT molecular complexity index is 657. The largest absolute Gasteiger partial charge is 0.399 e. The molecule has 0 aliphatic heterocycles. The van der Waals surface area contributed by atoms with Crippen LogP contribution in [0.2, 0.25) is 0 Å². The summed E-state index contributed by atoms with van der Waals surface area (Å²) in [5.74, 6) is 0.409. The number of nitrogen functional groups attached to an aromatic ring is 1. The van der Waals surface area contributed by atoms with Gasteiger partial charge in [0.15, 0.2) is 0 Å². The Morgan fingerprint density at radius 2 is 1.70 bits per heavy atom. The van der Waals surface area contributed by atoms with E-state index in [9.17, 15) is 0 Å². The molecule has 0 radical (unpaired) electrons. The number of nitrogens with one attached hydrogen (secondary N) is 1. The normalized spacial score (nSPS) is 15.3. The minimum Gasteiger partial charge on any atom is -0.399 e. The summed E-state index contributed by atoms with van der Waals surface area (Å²) in [5.41, 5.74) is 12.3. The molecule has 122 valence electrons. The Balaban J connectivity index is 0.00000192. The Morgan fingerprint density at radius 1 is 1.04 bits per heavy atom. The molecule has 4 heteroatoms. The lowest BCUT2D eigenvalue weighted by Gasteiger charge is -2.21. The van der Waals surface area contributed by atoms with Gasteiger partial charge in [-0.05, 0) is 95.5 Å². The zero-order chi connectivity index (χ0) is 15.5. The Labute approximate surface area is 158 Å². The molecule has 0 saturated heterocycles. The van der Waals surface area contributed by atoms with Crippen LogP contribution in [0.3, 0.4) is 0 Å². The average molecular weight is 441 g/mol. The van der Waals surface area contributed by atoms with Crippen LogP contribution in [0, 0.1) is 3.57 Å². The first kappa shape index (κ1) is 18.3. The van der Waals surface area contributed by atoms with Gasteiger partial charge in [-0.3, -0.25) is 0 Å². The topological polar surface area (TPSA) is 38.0 Å². The fourth-order valence-corrected chi connectivity index (χ4v) is 3.70. The third-order valence-electron chi connectivity index (χ3n) is 4.27. The summed E-state index contributed by atoms with van der Waals surface area (Å²) in [5, 5.41) is 3.25. The van der Waals surface area contributed by atoms with E-state index < -0.39 is 0 Å². The lowest BCUT2D eigenvalue weighted by molar-refractivity contribution is 0.628. The molecule has 3 N–H and O–H groups in total. The van der Waals surface area contributed by atoms with Gasteiger partial charge < -0.3 is 11.1 Å². The molecule has 0 bridgehead atoms. The van der Waals surface area contributed by atoms with E-state index in [1.54, 1.807) is 0 Å². The van der Waals surface area contributed by atoms with Crippen molar-refractivity contribution < 1.29 is 0 Å². The molecule has 0 spiro atoms. The SMILES string of the molecule is CNCCCC1c2cc(N)ccc2C=Cc2ccc(I)cc21.Cl. The molecule has 0 aromatic heterocycles. The van der Waals surface area contributed by atoms with Crippen LogP contribution >= 0.6 is 35.0 Å². The highest BCUT2D eigenvalue weighted by Gasteiger charge is 2.21. The van der Waals surface area contributed by atoms with E-state index in [1.807, 2.05) is 13.1 Å². The second-order valence-corrected chi connectivity index (χ2v) is 7.04. The minimum absolute atomic E-state index is 0. The van der Waals surface area contributed by atoms with Crippen LogP contribution in [0.1, 0.15) is 41.0 Å². The van der Waals surface area contributed by atoms with Crippen molar-refractivity contribution in [2.24, 2.45) is 0 Å². The second-order valence-electron chi connectivity index (χ2n) is 5.79. The molecule has 2 aromatic rings. The van der Waals surface area contributed by atoms with Gasteiger partial charge in [-0.1, -0.05) is 24.3 Å². The second kappa shape index (κ2) is 8.18. The summed E-state index contributed by atoms with van der Waals surface area (Å²) in [7, 11) is 2.01. The highest BCUT2D eigenvalue weighted by Crippen LogP contribution is 2.38. The van der Waals surface area contributed by atoms with Crippen molar-refractivity contribution in [2.75, 3.05) is 19.3 Å².